The normalized spacial score (nSPS) is 12.9. The molecule has 0 amide bonds. The first-order chi connectivity index (χ1) is 24.2. The molecule has 0 bridgehead atoms. The maximum atomic E-state index is 2.38. The van der Waals surface area contributed by atoms with Gasteiger partial charge in [0.1, 0.15) is 0 Å². The van der Waals surface area contributed by atoms with Gasteiger partial charge in [-0.15, -0.1) is 0 Å². The van der Waals surface area contributed by atoms with E-state index in [1.54, 1.807) is 0 Å². The number of nitrogens with zero attached hydrogens (tertiary/aromatic N) is 1. The molecule has 0 N–H and O–H groups in total. The Hall–Kier alpha value is -4.62. The van der Waals surface area contributed by atoms with Crippen LogP contribution in [0.2, 0.25) is 0 Å². The second-order valence-corrected chi connectivity index (χ2v) is 18.7. The highest BCUT2D eigenvalue weighted by Gasteiger charge is 2.21. The fourth-order valence-corrected chi connectivity index (χ4v) is 6.30. The highest BCUT2D eigenvalue weighted by atomic mass is 15.1. The van der Waals surface area contributed by atoms with E-state index in [0.29, 0.717) is 0 Å². The van der Waals surface area contributed by atoms with Gasteiger partial charge < -0.3 is 4.90 Å². The third-order valence-corrected chi connectivity index (χ3v) is 9.87. The van der Waals surface area contributed by atoms with E-state index >= 15 is 0 Å². The third-order valence-electron chi connectivity index (χ3n) is 9.87. The van der Waals surface area contributed by atoms with Gasteiger partial charge in [0.05, 0.1) is 0 Å². The minimum atomic E-state index is 0.0907. The average molecular weight is 688 g/mol. The van der Waals surface area contributed by atoms with Crippen molar-refractivity contribution < 1.29 is 0 Å². The molecule has 0 saturated carbocycles. The van der Waals surface area contributed by atoms with Crippen molar-refractivity contribution in [3.8, 4) is 0 Å². The Labute approximate surface area is 316 Å². The first-order valence-electron chi connectivity index (χ1n) is 18.9. The lowest BCUT2D eigenvalue weighted by Crippen LogP contribution is -2.16. The largest absolute Gasteiger partial charge is 0.310 e. The van der Waals surface area contributed by atoms with Crippen molar-refractivity contribution in [1.82, 2.24) is 0 Å². The van der Waals surface area contributed by atoms with Crippen LogP contribution in [0.4, 0.5) is 17.1 Å². The van der Waals surface area contributed by atoms with Crippen LogP contribution in [0, 0.1) is 6.92 Å². The molecule has 1 nitrogen and oxygen atoms in total. The van der Waals surface area contributed by atoms with Crippen LogP contribution in [0.15, 0.2) is 109 Å². The summed E-state index contributed by atoms with van der Waals surface area (Å²) in [6.45, 7) is 29.7. The van der Waals surface area contributed by atoms with Crippen molar-refractivity contribution in [1.29, 1.82) is 0 Å². The van der Waals surface area contributed by atoms with Gasteiger partial charge in [-0.1, -0.05) is 180 Å². The first-order valence-corrected chi connectivity index (χ1v) is 18.9. The standard InChI is InChI=1S/C51H61N/c1-36-15-14-16-47(29-36)52(45-25-21-37(22-26-45)17-19-39-30-41(48(2,3)4)34-42(31-39)49(5,6)7)46-27-23-38(24-28-46)18-20-40-32-43(50(8,9)10)35-44(33-40)51(11,12)13/h14-35H,1-13H3/b19-17+,20-18+. The Balaban J connectivity index is 1.44. The molecule has 0 aliphatic rings. The quantitative estimate of drug-likeness (QED) is 0.154. The molecule has 0 saturated heterocycles. The molecule has 0 spiro atoms. The predicted octanol–water partition coefficient (Wildman–Crippen LogP) is 15.0. The van der Waals surface area contributed by atoms with Crippen molar-refractivity contribution in [3.63, 3.8) is 0 Å². The van der Waals surface area contributed by atoms with Crippen molar-refractivity contribution in [2.24, 2.45) is 0 Å². The molecule has 0 aliphatic carbocycles. The molecule has 0 fully saturated rings. The Morgan fingerprint density at radius 1 is 0.346 bits per heavy atom. The van der Waals surface area contributed by atoms with Crippen LogP contribution >= 0.6 is 0 Å². The number of rotatable bonds is 7. The van der Waals surface area contributed by atoms with Gasteiger partial charge >= 0.3 is 0 Å². The third kappa shape index (κ3) is 9.82. The zero-order chi connectivity index (χ0) is 38.1. The molecule has 0 aliphatic heterocycles. The number of aryl methyl sites for hydroxylation is 1. The van der Waals surface area contributed by atoms with Crippen molar-refractivity contribution >= 4 is 41.4 Å². The zero-order valence-corrected chi connectivity index (χ0v) is 34.1. The Kier molecular flexibility index (Phi) is 11.0. The van der Waals surface area contributed by atoms with Gasteiger partial charge in [-0.2, -0.15) is 0 Å². The van der Waals surface area contributed by atoms with Gasteiger partial charge in [-0.3, -0.25) is 0 Å². The highest BCUT2D eigenvalue weighted by molar-refractivity contribution is 5.80. The predicted molar refractivity (Wildman–Crippen MR) is 231 cm³/mol. The van der Waals surface area contributed by atoms with Crippen molar-refractivity contribution in [2.75, 3.05) is 4.90 Å². The maximum absolute atomic E-state index is 2.38. The minimum Gasteiger partial charge on any atom is -0.310 e. The van der Waals surface area contributed by atoms with E-state index in [4.69, 9.17) is 0 Å². The van der Waals surface area contributed by atoms with Gasteiger partial charge in [0, 0.05) is 17.1 Å². The zero-order valence-electron chi connectivity index (χ0n) is 34.1. The molecule has 1 heteroatoms. The van der Waals surface area contributed by atoms with Crippen molar-refractivity contribution in [3.05, 3.63) is 159 Å². The van der Waals surface area contributed by atoms with E-state index < -0.39 is 0 Å². The lowest BCUT2D eigenvalue weighted by atomic mass is 9.79. The lowest BCUT2D eigenvalue weighted by molar-refractivity contribution is 0.568. The topological polar surface area (TPSA) is 3.24 Å². The van der Waals surface area contributed by atoms with Crippen LogP contribution in [0.3, 0.4) is 0 Å². The Morgan fingerprint density at radius 3 is 0.981 bits per heavy atom. The molecule has 0 radical (unpaired) electrons. The molecule has 5 rings (SSSR count). The van der Waals surface area contributed by atoms with Crippen LogP contribution in [-0.4, -0.2) is 0 Å². The SMILES string of the molecule is Cc1cccc(N(c2ccc(/C=C/c3cc(C(C)(C)C)cc(C(C)(C)C)c3)cc2)c2ccc(/C=C/c3cc(C(C)(C)C)cc(C(C)(C)C)c3)cc2)c1. The van der Waals surface area contributed by atoms with Gasteiger partial charge in [-0.25, -0.2) is 0 Å². The van der Waals surface area contributed by atoms with Gasteiger partial charge in [-0.05, 0) is 115 Å². The number of hydrogen-bond acceptors (Lipinski definition) is 1. The Morgan fingerprint density at radius 2 is 0.673 bits per heavy atom. The van der Waals surface area contributed by atoms with Crippen LogP contribution in [-0.2, 0) is 21.7 Å². The van der Waals surface area contributed by atoms with Crippen LogP contribution in [0.25, 0.3) is 24.3 Å². The number of hydrogen-bond donors (Lipinski definition) is 0. The Bertz CT molecular complexity index is 1850. The van der Waals surface area contributed by atoms with Gasteiger partial charge in [0.15, 0.2) is 0 Å². The summed E-state index contributed by atoms with van der Waals surface area (Å²) in [5.74, 6) is 0. The average Bonchev–Trinajstić information content (AvgIpc) is 3.06. The summed E-state index contributed by atoms with van der Waals surface area (Å²) in [4.78, 5) is 2.35. The minimum absolute atomic E-state index is 0.0907. The number of benzene rings is 5. The van der Waals surface area contributed by atoms with E-state index in [1.807, 2.05) is 0 Å². The summed E-state index contributed by atoms with van der Waals surface area (Å²) >= 11 is 0. The molecule has 0 heterocycles. The van der Waals surface area contributed by atoms with Gasteiger partial charge in [0.2, 0.25) is 0 Å². The van der Waals surface area contributed by atoms with Crippen LogP contribution < -0.4 is 4.90 Å². The molecular weight excluding hydrogens is 627 g/mol. The molecule has 52 heavy (non-hydrogen) atoms. The van der Waals surface area contributed by atoms with E-state index in [9.17, 15) is 0 Å². The summed E-state index contributed by atoms with van der Waals surface area (Å²) in [6, 6.07) is 40.7. The molecule has 0 unspecified atom stereocenters. The fraction of sp³-hybridized carbons (Fsp3) is 0.333. The second-order valence-electron chi connectivity index (χ2n) is 18.7. The molecule has 0 aromatic heterocycles. The monoisotopic (exact) mass is 687 g/mol. The van der Waals surface area contributed by atoms with Crippen LogP contribution in [0.5, 0.6) is 0 Å². The van der Waals surface area contributed by atoms with E-state index in [-0.39, 0.29) is 21.7 Å². The molecule has 5 aromatic carbocycles. The summed E-state index contributed by atoms with van der Waals surface area (Å²) < 4.78 is 0. The summed E-state index contributed by atoms with van der Waals surface area (Å²) in [6.07, 6.45) is 8.98. The van der Waals surface area contributed by atoms with Crippen LogP contribution in [0.1, 0.15) is 133 Å². The molecule has 0 atom stereocenters. The fourth-order valence-electron chi connectivity index (χ4n) is 6.30. The molecular formula is C51H61N. The smallest absolute Gasteiger partial charge is 0.0464 e. The lowest BCUT2D eigenvalue weighted by Gasteiger charge is -2.26. The molecule has 270 valence electrons. The van der Waals surface area contributed by atoms with E-state index in [1.165, 1.54) is 50.1 Å². The van der Waals surface area contributed by atoms with Gasteiger partial charge in [0.25, 0.3) is 0 Å². The number of anilines is 3. The highest BCUT2D eigenvalue weighted by Crippen LogP contribution is 2.36. The van der Waals surface area contributed by atoms with E-state index in [0.717, 1.165) is 17.1 Å². The summed E-state index contributed by atoms with van der Waals surface area (Å²) in [5.41, 5.74) is 15.3. The van der Waals surface area contributed by atoms with Crippen molar-refractivity contribution in [2.45, 2.75) is 112 Å². The summed E-state index contributed by atoms with van der Waals surface area (Å²) in [5, 5.41) is 0. The first kappa shape index (κ1) is 38.6. The molecule has 5 aromatic rings. The maximum Gasteiger partial charge on any atom is 0.0464 e. The van der Waals surface area contributed by atoms with E-state index in [2.05, 4.69) is 228 Å². The second kappa shape index (κ2) is 14.8. The summed E-state index contributed by atoms with van der Waals surface area (Å²) in [7, 11) is 0.